The second kappa shape index (κ2) is 10.8. The first-order chi connectivity index (χ1) is 17.9. The van der Waals surface area contributed by atoms with Crippen molar-refractivity contribution < 1.29 is 18.7 Å². The van der Waals surface area contributed by atoms with Crippen LogP contribution in [0.5, 0.6) is 11.5 Å². The van der Waals surface area contributed by atoms with E-state index in [0.717, 1.165) is 36.7 Å². The van der Waals surface area contributed by atoms with Crippen LogP contribution in [0.1, 0.15) is 21.7 Å². The van der Waals surface area contributed by atoms with Gasteiger partial charge in [-0.25, -0.2) is 0 Å². The molecule has 5 rings (SSSR count). The summed E-state index contributed by atoms with van der Waals surface area (Å²) in [5.74, 6) is -0.0391. The van der Waals surface area contributed by atoms with Gasteiger partial charge < -0.3 is 24.2 Å². The molecule has 0 saturated heterocycles. The van der Waals surface area contributed by atoms with Crippen molar-refractivity contribution >= 4 is 59.6 Å². The zero-order valence-corrected chi connectivity index (χ0v) is 22.9. The van der Waals surface area contributed by atoms with Crippen molar-refractivity contribution in [1.29, 1.82) is 0 Å². The van der Waals surface area contributed by atoms with E-state index >= 15 is 0 Å². The van der Waals surface area contributed by atoms with Crippen molar-refractivity contribution in [2.24, 2.45) is 0 Å². The van der Waals surface area contributed by atoms with E-state index in [0.29, 0.717) is 23.9 Å². The third kappa shape index (κ3) is 5.42. The Labute approximate surface area is 229 Å². The Bertz CT molecular complexity index is 1650. The summed E-state index contributed by atoms with van der Waals surface area (Å²) in [6, 6.07) is 18.2. The Morgan fingerprint density at radius 2 is 1.81 bits per heavy atom. The van der Waals surface area contributed by atoms with Gasteiger partial charge in [-0.1, -0.05) is 44.0 Å². The fourth-order valence-corrected chi connectivity index (χ4v) is 5.53. The highest BCUT2D eigenvalue weighted by Crippen LogP contribution is 2.26. The largest absolute Gasteiger partial charge is 0.497 e. The zero-order valence-electron chi connectivity index (χ0n) is 19.8. The lowest BCUT2D eigenvalue weighted by Gasteiger charge is -2.12. The van der Waals surface area contributed by atoms with Crippen LogP contribution in [0.3, 0.4) is 0 Å². The van der Waals surface area contributed by atoms with Crippen molar-refractivity contribution in [3.8, 4) is 11.5 Å². The molecule has 0 fully saturated rings. The Kier molecular flexibility index (Phi) is 7.34. The standard InChI is InChI=1S/C28H22Br2N2O5/c1-35-20-6-7-23-22(13-20)17(14-32-23)8-9-31-28(34)27-26(25(33)21-4-2-3-5-24(21)37-27)36-15-16-10-18(29)12-19(30)11-16/h2-7,10-14,32H,8-9,15H2,1H3,(H,31,34). The molecule has 3 aromatic carbocycles. The monoisotopic (exact) mass is 624 g/mol. The number of carbonyl (C=O) groups excluding carboxylic acids is 1. The van der Waals surface area contributed by atoms with Gasteiger partial charge in [-0.15, -0.1) is 0 Å². The lowest BCUT2D eigenvalue weighted by Crippen LogP contribution is -2.27. The molecular formula is C28H22Br2N2O5. The molecule has 0 aliphatic carbocycles. The minimum Gasteiger partial charge on any atom is -0.497 e. The molecule has 7 nitrogen and oxygen atoms in total. The van der Waals surface area contributed by atoms with Gasteiger partial charge in [0.05, 0.1) is 12.5 Å². The molecule has 5 aromatic rings. The summed E-state index contributed by atoms with van der Waals surface area (Å²) in [4.78, 5) is 29.7. The fraction of sp³-hybridized carbons (Fsp3) is 0.143. The number of para-hydroxylation sites is 1. The molecule has 1 amide bonds. The smallest absolute Gasteiger partial charge is 0.291 e. The van der Waals surface area contributed by atoms with Gasteiger partial charge in [-0.05, 0) is 66.1 Å². The summed E-state index contributed by atoms with van der Waals surface area (Å²) >= 11 is 6.91. The van der Waals surface area contributed by atoms with E-state index < -0.39 is 11.3 Å². The molecule has 0 radical (unpaired) electrons. The summed E-state index contributed by atoms with van der Waals surface area (Å²) in [6.45, 7) is 0.413. The van der Waals surface area contributed by atoms with E-state index in [-0.39, 0.29) is 18.1 Å². The lowest BCUT2D eigenvalue weighted by molar-refractivity contribution is 0.0919. The Morgan fingerprint density at radius 3 is 2.59 bits per heavy atom. The number of fused-ring (bicyclic) bond motifs is 2. The predicted octanol–water partition coefficient (Wildman–Crippen LogP) is 6.36. The van der Waals surface area contributed by atoms with Gasteiger partial charge in [0.2, 0.25) is 16.9 Å². The first kappa shape index (κ1) is 25.1. The van der Waals surface area contributed by atoms with Gasteiger partial charge in [-0.2, -0.15) is 0 Å². The number of hydrogen-bond donors (Lipinski definition) is 2. The molecule has 188 valence electrons. The highest BCUT2D eigenvalue weighted by Gasteiger charge is 2.22. The predicted molar refractivity (Wildman–Crippen MR) is 150 cm³/mol. The van der Waals surface area contributed by atoms with Crippen LogP contribution in [0.2, 0.25) is 0 Å². The number of hydrogen-bond acceptors (Lipinski definition) is 5. The van der Waals surface area contributed by atoms with E-state index in [2.05, 4.69) is 42.2 Å². The van der Waals surface area contributed by atoms with Crippen LogP contribution in [0, 0.1) is 0 Å². The summed E-state index contributed by atoms with van der Waals surface area (Å²) < 4.78 is 18.8. The van der Waals surface area contributed by atoms with Crippen LogP contribution in [0.4, 0.5) is 0 Å². The first-order valence-corrected chi connectivity index (χ1v) is 13.1. The van der Waals surface area contributed by atoms with E-state index in [4.69, 9.17) is 13.9 Å². The second-order valence-electron chi connectivity index (χ2n) is 8.38. The van der Waals surface area contributed by atoms with Crippen molar-refractivity contribution in [3.05, 3.63) is 103 Å². The zero-order chi connectivity index (χ0) is 25.9. The summed E-state index contributed by atoms with van der Waals surface area (Å²) in [7, 11) is 1.63. The number of ether oxygens (including phenoxy) is 2. The molecule has 0 saturated carbocycles. The third-order valence-electron chi connectivity index (χ3n) is 5.92. The maximum atomic E-state index is 13.3. The van der Waals surface area contributed by atoms with Crippen molar-refractivity contribution in [1.82, 2.24) is 10.3 Å². The van der Waals surface area contributed by atoms with Gasteiger partial charge in [0.1, 0.15) is 17.9 Å². The van der Waals surface area contributed by atoms with Crippen molar-refractivity contribution in [2.45, 2.75) is 13.0 Å². The number of aromatic amines is 1. The van der Waals surface area contributed by atoms with Crippen LogP contribution >= 0.6 is 31.9 Å². The molecular weight excluding hydrogens is 604 g/mol. The minimum absolute atomic E-state index is 0.0819. The minimum atomic E-state index is -0.523. The number of benzene rings is 3. The molecule has 2 aromatic heterocycles. The van der Waals surface area contributed by atoms with E-state index in [1.807, 2.05) is 42.6 Å². The number of aromatic nitrogens is 1. The first-order valence-electron chi connectivity index (χ1n) is 11.5. The average Bonchev–Trinajstić information content (AvgIpc) is 3.29. The van der Waals surface area contributed by atoms with Crippen LogP contribution in [-0.4, -0.2) is 24.5 Å². The van der Waals surface area contributed by atoms with Crippen LogP contribution in [-0.2, 0) is 13.0 Å². The maximum absolute atomic E-state index is 13.3. The van der Waals surface area contributed by atoms with Gasteiger partial charge in [0, 0.05) is 32.6 Å². The van der Waals surface area contributed by atoms with Gasteiger partial charge in [-0.3, -0.25) is 9.59 Å². The number of methoxy groups -OCH3 is 1. The molecule has 0 aliphatic rings. The van der Waals surface area contributed by atoms with Gasteiger partial charge >= 0.3 is 0 Å². The summed E-state index contributed by atoms with van der Waals surface area (Å²) in [6.07, 6.45) is 2.48. The molecule has 37 heavy (non-hydrogen) atoms. The van der Waals surface area contributed by atoms with Crippen molar-refractivity contribution in [2.75, 3.05) is 13.7 Å². The number of halogens is 2. The summed E-state index contributed by atoms with van der Waals surface area (Å²) in [5, 5.41) is 4.24. The van der Waals surface area contributed by atoms with Crippen LogP contribution < -0.4 is 20.2 Å². The SMILES string of the molecule is COc1ccc2[nH]cc(CCNC(=O)c3oc4ccccc4c(=O)c3OCc3cc(Br)cc(Br)c3)c2c1. The normalized spacial score (nSPS) is 11.1. The third-order valence-corrected chi connectivity index (χ3v) is 6.84. The molecule has 0 bridgehead atoms. The molecule has 0 aliphatic heterocycles. The molecule has 9 heteroatoms. The number of carbonyl (C=O) groups is 1. The van der Waals surface area contributed by atoms with Crippen molar-refractivity contribution in [3.63, 3.8) is 0 Å². The number of rotatable bonds is 8. The molecule has 2 heterocycles. The van der Waals surface area contributed by atoms with Gasteiger partial charge in [0.25, 0.3) is 5.91 Å². The maximum Gasteiger partial charge on any atom is 0.291 e. The van der Waals surface area contributed by atoms with E-state index in [1.165, 1.54) is 0 Å². The molecule has 0 atom stereocenters. The lowest BCUT2D eigenvalue weighted by atomic mass is 10.1. The van der Waals surface area contributed by atoms with Gasteiger partial charge in [0.15, 0.2) is 0 Å². The molecule has 2 N–H and O–H groups in total. The van der Waals surface area contributed by atoms with E-state index in [1.54, 1.807) is 31.4 Å². The molecule has 0 unspecified atom stereocenters. The van der Waals surface area contributed by atoms with E-state index in [9.17, 15) is 9.59 Å². The highest BCUT2D eigenvalue weighted by molar-refractivity contribution is 9.11. The number of amides is 1. The highest BCUT2D eigenvalue weighted by atomic mass is 79.9. The fourth-order valence-electron chi connectivity index (χ4n) is 4.14. The average molecular weight is 626 g/mol. The van der Waals surface area contributed by atoms with Crippen LogP contribution in [0.25, 0.3) is 21.9 Å². The second-order valence-corrected chi connectivity index (χ2v) is 10.2. The Balaban J connectivity index is 1.39. The number of H-pyrrole nitrogens is 1. The topological polar surface area (TPSA) is 93.6 Å². The quantitative estimate of drug-likeness (QED) is 0.209. The molecule has 0 spiro atoms. The Morgan fingerprint density at radius 1 is 1.03 bits per heavy atom. The Hall–Kier alpha value is -3.56. The van der Waals surface area contributed by atoms with Crippen LogP contribution in [0.15, 0.2) is 85.0 Å². The summed E-state index contributed by atoms with van der Waals surface area (Å²) in [5.41, 5.74) is 2.75. The number of nitrogens with one attached hydrogen (secondary N) is 2.